The summed E-state index contributed by atoms with van der Waals surface area (Å²) < 4.78 is 12.9. The molecule has 1 rings (SSSR count). The number of halogens is 2. The summed E-state index contributed by atoms with van der Waals surface area (Å²) in [5.41, 5.74) is 2.29. The fraction of sp³-hybridized carbons (Fsp3) is 0.455. The Morgan fingerprint density at radius 1 is 1.46 bits per heavy atom. The molecule has 1 unspecified atom stereocenters. The van der Waals surface area contributed by atoms with E-state index in [-0.39, 0.29) is 5.82 Å². The minimum Gasteiger partial charge on any atom is -0.207 e. The first-order valence-electron chi connectivity index (χ1n) is 4.48. The highest BCUT2D eigenvalue weighted by molar-refractivity contribution is 9.09. The van der Waals surface area contributed by atoms with E-state index in [2.05, 4.69) is 22.9 Å². The van der Waals surface area contributed by atoms with Gasteiger partial charge in [-0.25, -0.2) is 4.39 Å². The molecule has 0 aliphatic rings. The fourth-order valence-electron chi connectivity index (χ4n) is 1.26. The molecule has 0 bridgehead atoms. The zero-order chi connectivity index (χ0) is 9.84. The summed E-state index contributed by atoms with van der Waals surface area (Å²) in [6, 6.07) is 4.98. The van der Waals surface area contributed by atoms with Crippen molar-refractivity contribution < 1.29 is 4.39 Å². The van der Waals surface area contributed by atoms with Crippen molar-refractivity contribution in [3.05, 3.63) is 35.1 Å². The molecule has 0 N–H and O–H groups in total. The van der Waals surface area contributed by atoms with Gasteiger partial charge in [0.05, 0.1) is 0 Å². The van der Waals surface area contributed by atoms with Gasteiger partial charge in [-0.15, -0.1) is 0 Å². The Morgan fingerprint density at radius 3 is 2.77 bits per heavy atom. The molecule has 0 heterocycles. The van der Waals surface area contributed by atoms with Crippen LogP contribution in [-0.2, 0) is 6.42 Å². The van der Waals surface area contributed by atoms with Crippen LogP contribution < -0.4 is 0 Å². The maximum atomic E-state index is 12.9. The largest absolute Gasteiger partial charge is 0.207 e. The molecule has 0 saturated carbocycles. The third-order valence-corrected chi connectivity index (χ3v) is 2.58. The summed E-state index contributed by atoms with van der Waals surface area (Å²) in [5, 5.41) is 0. The van der Waals surface area contributed by atoms with Crippen LogP contribution in [0.4, 0.5) is 4.39 Å². The molecule has 72 valence electrons. The van der Waals surface area contributed by atoms with Crippen molar-refractivity contribution in [2.75, 3.05) is 0 Å². The van der Waals surface area contributed by atoms with E-state index in [0.29, 0.717) is 4.83 Å². The second-order valence-electron chi connectivity index (χ2n) is 3.39. The second kappa shape index (κ2) is 4.75. The molecular weight excluding hydrogens is 231 g/mol. The molecular formula is C11H14BrF. The van der Waals surface area contributed by atoms with Crippen LogP contribution in [0.2, 0.25) is 0 Å². The molecule has 1 aromatic rings. The quantitative estimate of drug-likeness (QED) is 0.709. The van der Waals surface area contributed by atoms with Gasteiger partial charge in [0.1, 0.15) is 5.82 Å². The Morgan fingerprint density at radius 2 is 2.15 bits per heavy atom. The van der Waals surface area contributed by atoms with E-state index in [0.717, 1.165) is 18.4 Å². The van der Waals surface area contributed by atoms with Crippen molar-refractivity contribution in [2.24, 2.45) is 0 Å². The van der Waals surface area contributed by atoms with Gasteiger partial charge in [-0.2, -0.15) is 0 Å². The van der Waals surface area contributed by atoms with Crippen molar-refractivity contribution >= 4 is 15.9 Å². The molecule has 13 heavy (non-hydrogen) atoms. The van der Waals surface area contributed by atoms with Crippen LogP contribution in [0.15, 0.2) is 18.2 Å². The van der Waals surface area contributed by atoms with Gasteiger partial charge in [0.15, 0.2) is 0 Å². The average molecular weight is 245 g/mol. The van der Waals surface area contributed by atoms with Gasteiger partial charge in [-0.3, -0.25) is 0 Å². The van der Waals surface area contributed by atoms with Crippen LogP contribution in [0.3, 0.4) is 0 Å². The first kappa shape index (κ1) is 10.7. The molecule has 0 spiro atoms. The molecule has 1 aromatic carbocycles. The lowest BCUT2D eigenvalue weighted by molar-refractivity contribution is 0.623. The van der Waals surface area contributed by atoms with Gasteiger partial charge >= 0.3 is 0 Å². The third kappa shape index (κ3) is 3.47. The maximum Gasteiger partial charge on any atom is 0.123 e. The Hall–Kier alpha value is -0.370. The monoisotopic (exact) mass is 244 g/mol. The highest BCUT2D eigenvalue weighted by atomic mass is 79.9. The van der Waals surface area contributed by atoms with Crippen LogP contribution in [0.5, 0.6) is 0 Å². The average Bonchev–Trinajstić information content (AvgIpc) is 2.06. The first-order chi connectivity index (χ1) is 6.09. The highest BCUT2D eigenvalue weighted by Gasteiger charge is 2.02. The number of aryl methyl sites for hydroxylation is 2. The Kier molecular flexibility index (Phi) is 3.91. The molecule has 0 radical (unpaired) electrons. The molecule has 0 saturated heterocycles. The van der Waals surface area contributed by atoms with Gasteiger partial charge < -0.3 is 0 Å². The maximum absolute atomic E-state index is 12.9. The van der Waals surface area contributed by atoms with E-state index in [1.807, 2.05) is 13.0 Å². The summed E-state index contributed by atoms with van der Waals surface area (Å²) in [4.78, 5) is 0.496. The molecule has 0 nitrogen and oxygen atoms in total. The summed E-state index contributed by atoms with van der Waals surface area (Å²) in [6.07, 6.45) is 1.99. The van der Waals surface area contributed by atoms with Gasteiger partial charge in [0.2, 0.25) is 0 Å². The van der Waals surface area contributed by atoms with Crippen LogP contribution in [-0.4, -0.2) is 4.83 Å². The zero-order valence-electron chi connectivity index (χ0n) is 7.98. The lowest BCUT2D eigenvalue weighted by Gasteiger charge is -2.06. The topological polar surface area (TPSA) is 0 Å². The standard InChI is InChI=1S/C11H14BrF/c1-8-3-6-11(13)7-10(8)5-4-9(2)12/h3,6-7,9H,4-5H2,1-2H3. The number of hydrogen-bond acceptors (Lipinski definition) is 0. The lowest BCUT2D eigenvalue weighted by Crippen LogP contribution is -1.96. The Labute approximate surface area is 87.3 Å². The second-order valence-corrected chi connectivity index (χ2v) is 4.95. The van der Waals surface area contributed by atoms with E-state index in [9.17, 15) is 4.39 Å². The predicted molar refractivity (Wildman–Crippen MR) is 57.8 cm³/mol. The normalized spacial score (nSPS) is 12.9. The highest BCUT2D eigenvalue weighted by Crippen LogP contribution is 2.15. The van der Waals surface area contributed by atoms with Crippen molar-refractivity contribution in [3.63, 3.8) is 0 Å². The van der Waals surface area contributed by atoms with Gasteiger partial charge in [0, 0.05) is 4.83 Å². The number of rotatable bonds is 3. The summed E-state index contributed by atoms with van der Waals surface area (Å²) in [7, 11) is 0. The van der Waals surface area contributed by atoms with Crippen molar-refractivity contribution in [1.29, 1.82) is 0 Å². The molecule has 0 aliphatic heterocycles. The van der Waals surface area contributed by atoms with Gasteiger partial charge in [-0.1, -0.05) is 28.9 Å². The van der Waals surface area contributed by atoms with E-state index >= 15 is 0 Å². The molecule has 1 atom stereocenters. The number of benzene rings is 1. The fourth-order valence-corrected chi connectivity index (χ4v) is 1.49. The summed E-state index contributed by atoms with van der Waals surface area (Å²) >= 11 is 3.48. The Balaban J connectivity index is 2.70. The molecule has 0 aromatic heterocycles. The lowest BCUT2D eigenvalue weighted by atomic mass is 10.0. The van der Waals surface area contributed by atoms with Crippen molar-refractivity contribution in [1.82, 2.24) is 0 Å². The van der Waals surface area contributed by atoms with E-state index in [1.165, 1.54) is 11.6 Å². The van der Waals surface area contributed by atoms with Gasteiger partial charge in [-0.05, 0) is 43.0 Å². The Bertz CT molecular complexity index is 281. The van der Waals surface area contributed by atoms with Crippen LogP contribution in [0, 0.1) is 12.7 Å². The van der Waals surface area contributed by atoms with Crippen LogP contribution in [0.1, 0.15) is 24.5 Å². The molecule has 0 fully saturated rings. The van der Waals surface area contributed by atoms with Crippen LogP contribution >= 0.6 is 15.9 Å². The zero-order valence-corrected chi connectivity index (χ0v) is 9.57. The minimum absolute atomic E-state index is 0.136. The summed E-state index contributed by atoms with van der Waals surface area (Å²) in [6.45, 7) is 4.13. The van der Waals surface area contributed by atoms with E-state index in [4.69, 9.17) is 0 Å². The third-order valence-electron chi connectivity index (χ3n) is 2.12. The van der Waals surface area contributed by atoms with E-state index in [1.54, 1.807) is 6.07 Å². The number of hydrogen-bond donors (Lipinski definition) is 0. The molecule has 0 aliphatic carbocycles. The van der Waals surface area contributed by atoms with Crippen LogP contribution in [0.25, 0.3) is 0 Å². The number of alkyl halides is 1. The predicted octanol–water partition coefficient (Wildman–Crippen LogP) is 3.85. The van der Waals surface area contributed by atoms with Crippen molar-refractivity contribution in [3.8, 4) is 0 Å². The first-order valence-corrected chi connectivity index (χ1v) is 5.40. The van der Waals surface area contributed by atoms with Crippen molar-refractivity contribution in [2.45, 2.75) is 31.5 Å². The SMILES string of the molecule is Cc1ccc(F)cc1CCC(C)Br. The summed E-state index contributed by atoms with van der Waals surface area (Å²) in [5.74, 6) is -0.136. The van der Waals surface area contributed by atoms with Gasteiger partial charge in [0.25, 0.3) is 0 Å². The molecule has 2 heteroatoms. The smallest absolute Gasteiger partial charge is 0.123 e. The molecule has 0 amide bonds. The minimum atomic E-state index is -0.136. The van der Waals surface area contributed by atoms with E-state index < -0.39 is 0 Å².